The second kappa shape index (κ2) is 6.38. The predicted molar refractivity (Wildman–Crippen MR) is 99.3 cm³/mol. The number of aromatic nitrogens is 4. The van der Waals surface area contributed by atoms with E-state index in [2.05, 4.69) is 15.2 Å². The van der Waals surface area contributed by atoms with Crippen LogP contribution in [0.1, 0.15) is 0 Å². The molecule has 0 atom stereocenters. The lowest BCUT2D eigenvalue weighted by Gasteiger charge is -2.01. The Hall–Kier alpha value is -3.87. The van der Waals surface area contributed by atoms with Crippen LogP contribution in [-0.2, 0) is 0 Å². The minimum atomic E-state index is -0.344. The summed E-state index contributed by atoms with van der Waals surface area (Å²) in [6, 6.07) is 17.5. The minimum Gasteiger partial charge on any atom is -0.415 e. The molecule has 5 nitrogen and oxygen atoms in total. The van der Waals surface area contributed by atoms with Crippen molar-refractivity contribution in [3.63, 3.8) is 0 Å². The third-order valence-electron chi connectivity index (χ3n) is 4.37. The number of halogens is 2. The van der Waals surface area contributed by atoms with Gasteiger partial charge in [0.1, 0.15) is 28.7 Å². The number of imidazole rings is 1. The summed E-state index contributed by atoms with van der Waals surface area (Å²) in [7, 11) is 0. The zero-order valence-corrected chi connectivity index (χ0v) is 14.4. The Bertz CT molecular complexity index is 1270. The van der Waals surface area contributed by atoms with Gasteiger partial charge in [-0.25, -0.2) is 13.8 Å². The number of nitrogens with zero attached hydrogens (tertiary/aromatic N) is 4. The lowest BCUT2D eigenvalue weighted by atomic mass is 10.1. The largest absolute Gasteiger partial charge is 0.415 e. The van der Waals surface area contributed by atoms with Crippen molar-refractivity contribution in [1.29, 1.82) is 0 Å². The lowest BCUT2D eigenvalue weighted by molar-refractivity contribution is 0.581. The van der Waals surface area contributed by atoms with E-state index >= 15 is 0 Å². The average molecular weight is 374 g/mol. The first kappa shape index (κ1) is 16.3. The summed E-state index contributed by atoms with van der Waals surface area (Å²) in [4.78, 5) is 4.65. The number of rotatable bonds is 3. The highest BCUT2D eigenvalue weighted by Gasteiger charge is 2.21. The second-order valence-electron chi connectivity index (χ2n) is 6.16. The van der Waals surface area contributed by atoms with Crippen molar-refractivity contribution < 1.29 is 13.2 Å². The third kappa shape index (κ3) is 2.73. The van der Waals surface area contributed by atoms with Crippen molar-refractivity contribution in [3.05, 3.63) is 84.6 Å². The van der Waals surface area contributed by atoms with E-state index in [1.807, 2.05) is 28.8 Å². The maximum Gasteiger partial charge on any atom is 0.267 e. The number of pyridine rings is 1. The molecule has 0 unspecified atom stereocenters. The topological polar surface area (TPSA) is 56.2 Å². The van der Waals surface area contributed by atoms with E-state index in [4.69, 9.17) is 4.42 Å². The van der Waals surface area contributed by atoms with Crippen molar-refractivity contribution in [2.45, 2.75) is 0 Å². The maximum atomic E-state index is 13.4. The number of fused-ring (bicyclic) bond motifs is 1. The first-order chi connectivity index (χ1) is 13.7. The SMILES string of the molecule is Fc1ccc(-c2nnc(-c3c(-c4ccc(F)cc4)nc4ccccn34)o2)cc1. The van der Waals surface area contributed by atoms with Gasteiger partial charge in [0.2, 0.25) is 5.89 Å². The van der Waals surface area contributed by atoms with Gasteiger partial charge in [-0.2, -0.15) is 0 Å². The van der Waals surface area contributed by atoms with Gasteiger partial charge in [-0.15, -0.1) is 10.2 Å². The molecule has 0 saturated heterocycles. The van der Waals surface area contributed by atoms with Crippen LogP contribution in [0, 0.1) is 11.6 Å². The molecule has 0 amide bonds. The van der Waals surface area contributed by atoms with Crippen molar-refractivity contribution in [1.82, 2.24) is 19.6 Å². The molecule has 0 radical (unpaired) electrons. The molecule has 0 aliphatic carbocycles. The standard InChI is InChI=1S/C21H12F2N4O/c22-15-8-4-13(5-9-15)18-19(27-12-2-1-3-17(27)24-18)21-26-25-20(28-21)14-6-10-16(23)11-7-14/h1-12H. The van der Waals surface area contributed by atoms with Gasteiger partial charge in [0.05, 0.1) is 0 Å². The predicted octanol–water partition coefficient (Wildman–Crippen LogP) is 5.00. The Balaban J connectivity index is 1.69. The quantitative estimate of drug-likeness (QED) is 0.446. The molecule has 0 aliphatic rings. The average Bonchev–Trinajstić information content (AvgIpc) is 3.33. The molecule has 5 rings (SSSR count). The summed E-state index contributed by atoms with van der Waals surface area (Å²) >= 11 is 0. The molecule has 136 valence electrons. The molecule has 0 aliphatic heterocycles. The fourth-order valence-electron chi connectivity index (χ4n) is 3.04. The van der Waals surface area contributed by atoms with Crippen LogP contribution in [0.15, 0.2) is 77.3 Å². The molecule has 0 N–H and O–H groups in total. The normalized spacial score (nSPS) is 11.2. The second-order valence-corrected chi connectivity index (χ2v) is 6.16. The van der Waals surface area contributed by atoms with Gasteiger partial charge >= 0.3 is 0 Å². The smallest absolute Gasteiger partial charge is 0.267 e. The number of benzene rings is 2. The number of hydrogen-bond acceptors (Lipinski definition) is 4. The van der Waals surface area contributed by atoms with Gasteiger partial charge in [0.15, 0.2) is 0 Å². The summed E-state index contributed by atoms with van der Waals surface area (Å²) in [5.41, 5.74) is 3.22. The fourth-order valence-corrected chi connectivity index (χ4v) is 3.04. The summed E-state index contributed by atoms with van der Waals surface area (Å²) in [6.07, 6.45) is 1.84. The summed E-state index contributed by atoms with van der Waals surface area (Å²) in [5.74, 6) is -0.141. The van der Waals surface area contributed by atoms with Crippen LogP contribution in [0.2, 0.25) is 0 Å². The molecule has 3 aromatic heterocycles. The minimum absolute atomic E-state index is 0.261. The molecule has 2 aromatic carbocycles. The fraction of sp³-hybridized carbons (Fsp3) is 0. The molecule has 0 fully saturated rings. The summed E-state index contributed by atoms with van der Waals surface area (Å²) in [5, 5.41) is 8.25. The van der Waals surface area contributed by atoms with Gasteiger partial charge in [-0.05, 0) is 60.7 Å². The van der Waals surface area contributed by atoms with Crippen molar-refractivity contribution in [2.24, 2.45) is 0 Å². The molecule has 0 spiro atoms. The highest BCUT2D eigenvalue weighted by Crippen LogP contribution is 2.33. The molecule has 3 heterocycles. The molecule has 5 aromatic rings. The van der Waals surface area contributed by atoms with E-state index in [0.29, 0.717) is 22.6 Å². The van der Waals surface area contributed by atoms with Gasteiger partial charge < -0.3 is 4.42 Å². The zero-order valence-electron chi connectivity index (χ0n) is 14.4. The Morgan fingerprint density at radius 1 is 0.714 bits per heavy atom. The summed E-state index contributed by atoms with van der Waals surface area (Å²) in [6.45, 7) is 0. The van der Waals surface area contributed by atoms with Gasteiger partial charge in [0, 0.05) is 17.3 Å². The first-order valence-electron chi connectivity index (χ1n) is 8.52. The Morgan fingerprint density at radius 3 is 2.07 bits per heavy atom. The molecule has 0 bridgehead atoms. The van der Waals surface area contributed by atoms with Crippen LogP contribution in [-0.4, -0.2) is 19.6 Å². The van der Waals surface area contributed by atoms with Crippen molar-refractivity contribution >= 4 is 5.65 Å². The van der Waals surface area contributed by atoms with E-state index in [-0.39, 0.29) is 23.4 Å². The molecule has 0 saturated carbocycles. The Labute approximate surface area is 157 Å². The zero-order chi connectivity index (χ0) is 19.1. The Kier molecular flexibility index (Phi) is 3.72. The van der Waals surface area contributed by atoms with Crippen LogP contribution in [0.5, 0.6) is 0 Å². The van der Waals surface area contributed by atoms with Crippen LogP contribution in [0.4, 0.5) is 8.78 Å². The monoisotopic (exact) mass is 374 g/mol. The van der Waals surface area contributed by atoms with E-state index in [1.54, 1.807) is 24.3 Å². The highest BCUT2D eigenvalue weighted by molar-refractivity contribution is 5.78. The van der Waals surface area contributed by atoms with Crippen LogP contribution in [0.25, 0.3) is 39.9 Å². The first-order valence-corrected chi connectivity index (χ1v) is 8.52. The third-order valence-corrected chi connectivity index (χ3v) is 4.37. The Morgan fingerprint density at radius 2 is 1.36 bits per heavy atom. The van der Waals surface area contributed by atoms with Crippen molar-refractivity contribution in [2.75, 3.05) is 0 Å². The molecule has 28 heavy (non-hydrogen) atoms. The maximum absolute atomic E-state index is 13.4. The van der Waals surface area contributed by atoms with Crippen LogP contribution in [0.3, 0.4) is 0 Å². The van der Waals surface area contributed by atoms with E-state index in [1.165, 1.54) is 24.3 Å². The van der Waals surface area contributed by atoms with E-state index in [0.717, 1.165) is 5.56 Å². The van der Waals surface area contributed by atoms with Gasteiger partial charge in [-0.1, -0.05) is 6.07 Å². The van der Waals surface area contributed by atoms with E-state index in [9.17, 15) is 8.78 Å². The van der Waals surface area contributed by atoms with Gasteiger partial charge in [-0.3, -0.25) is 4.40 Å². The molecule has 7 heteroatoms. The molecular weight excluding hydrogens is 362 g/mol. The van der Waals surface area contributed by atoms with E-state index < -0.39 is 0 Å². The van der Waals surface area contributed by atoms with Crippen molar-refractivity contribution in [3.8, 4) is 34.3 Å². The van der Waals surface area contributed by atoms with Crippen LogP contribution >= 0.6 is 0 Å². The van der Waals surface area contributed by atoms with Crippen LogP contribution < -0.4 is 0 Å². The number of hydrogen-bond donors (Lipinski definition) is 0. The highest BCUT2D eigenvalue weighted by atomic mass is 19.1. The summed E-state index contributed by atoms with van der Waals surface area (Å²) < 4.78 is 34.2. The molecular formula is C21H12F2N4O. The van der Waals surface area contributed by atoms with Gasteiger partial charge in [0.25, 0.3) is 5.89 Å². The lowest BCUT2D eigenvalue weighted by Crippen LogP contribution is -1.89.